The number of carbonyl (C=O) groups excluding carboxylic acids is 4. The first-order valence-corrected chi connectivity index (χ1v) is 10.7. The summed E-state index contributed by atoms with van der Waals surface area (Å²) in [5, 5.41) is 0. The van der Waals surface area contributed by atoms with E-state index in [1.807, 2.05) is 12.1 Å². The van der Waals surface area contributed by atoms with Gasteiger partial charge in [0.25, 0.3) is 0 Å². The van der Waals surface area contributed by atoms with Gasteiger partial charge in [0.05, 0.1) is 29.4 Å². The Morgan fingerprint density at radius 3 is 1.58 bits per heavy atom. The van der Waals surface area contributed by atoms with E-state index < -0.39 is 23.7 Å². The minimum Gasteiger partial charge on any atom is -0.285 e. The molecule has 0 aromatic heterocycles. The first-order chi connectivity index (χ1) is 14.8. The maximum Gasteiger partial charge on any atom is 0.238 e. The molecule has 0 bridgehead atoms. The van der Waals surface area contributed by atoms with E-state index in [1.165, 1.54) is 23.1 Å². The molecule has 6 heteroatoms. The number of nitrogens with zero attached hydrogens (tertiary/aromatic N) is 2. The monoisotopic (exact) mass is 416 g/mol. The van der Waals surface area contributed by atoms with Crippen LogP contribution in [0.3, 0.4) is 0 Å². The summed E-state index contributed by atoms with van der Waals surface area (Å²) in [5.74, 6) is -4.01. The number of amides is 4. The number of aryl methyl sites for hydroxylation is 1. The Labute approximate surface area is 180 Å². The molecule has 1 aliphatic carbocycles. The van der Waals surface area contributed by atoms with Gasteiger partial charge in [-0.25, -0.2) is 0 Å². The van der Waals surface area contributed by atoms with Crippen molar-refractivity contribution in [2.45, 2.75) is 26.2 Å². The highest BCUT2D eigenvalue weighted by molar-refractivity contribution is 6.27. The molecule has 3 aliphatic rings. The van der Waals surface area contributed by atoms with E-state index in [4.69, 9.17) is 0 Å². The number of likely N-dealkylation sites (tertiary alicyclic amines) is 1. The number of carbonyl (C=O) groups is 4. The maximum absolute atomic E-state index is 13.0. The smallest absolute Gasteiger partial charge is 0.238 e. The summed E-state index contributed by atoms with van der Waals surface area (Å²) in [6.45, 7) is 4.19. The summed E-state index contributed by atoms with van der Waals surface area (Å²) >= 11 is 0. The van der Waals surface area contributed by atoms with Crippen LogP contribution in [0.4, 0.5) is 5.69 Å². The van der Waals surface area contributed by atoms with Gasteiger partial charge in [-0.2, -0.15) is 0 Å². The third-order valence-corrected chi connectivity index (χ3v) is 7.23. The number of imide groups is 2. The fourth-order valence-corrected chi connectivity index (χ4v) is 5.51. The van der Waals surface area contributed by atoms with Crippen LogP contribution in [0.25, 0.3) is 0 Å². The average Bonchev–Trinajstić information content (AvgIpc) is 3.05. The SMILES string of the molecule is CCC(c1ccc(C)cc1)c1ccc(N2C(=O)C3C4C(=O)N(C)C(=O)C4C3C2=O)cc1. The van der Waals surface area contributed by atoms with Crippen LogP contribution >= 0.6 is 0 Å². The van der Waals surface area contributed by atoms with Crippen LogP contribution in [-0.4, -0.2) is 35.6 Å². The Morgan fingerprint density at radius 2 is 1.13 bits per heavy atom. The van der Waals surface area contributed by atoms with Crippen molar-refractivity contribution in [1.82, 2.24) is 4.90 Å². The fourth-order valence-electron chi connectivity index (χ4n) is 5.51. The zero-order valence-electron chi connectivity index (χ0n) is 17.7. The van der Waals surface area contributed by atoms with Crippen LogP contribution in [0.1, 0.15) is 36.0 Å². The van der Waals surface area contributed by atoms with Crippen LogP contribution in [-0.2, 0) is 19.2 Å². The quantitative estimate of drug-likeness (QED) is 0.719. The number of rotatable bonds is 4. The molecule has 0 radical (unpaired) electrons. The van der Waals surface area contributed by atoms with E-state index in [0.717, 1.165) is 16.9 Å². The van der Waals surface area contributed by atoms with Gasteiger partial charge in [0.1, 0.15) is 0 Å². The molecule has 31 heavy (non-hydrogen) atoms. The number of fused-ring (bicyclic) bond motifs is 4. The highest BCUT2D eigenvalue weighted by Gasteiger charge is 2.73. The van der Waals surface area contributed by atoms with Crippen LogP contribution in [0.2, 0.25) is 0 Å². The third kappa shape index (κ3) is 2.63. The molecule has 2 aliphatic heterocycles. The van der Waals surface area contributed by atoms with Crippen LogP contribution in [0.15, 0.2) is 48.5 Å². The molecule has 0 N–H and O–H groups in total. The van der Waals surface area contributed by atoms with Gasteiger partial charge in [0, 0.05) is 13.0 Å². The van der Waals surface area contributed by atoms with E-state index >= 15 is 0 Å². The maximum atomic E-state index is 13.0. The minimum atomic E-state index is -0.713. The van der Waals surface area contributed by atoms with E-state index in [9.17, 15) is 19.2 Å². The molecule has 5 rings (SSSR count). The molecule has 3 fully saturated rings. The summed E-state index contributed by atoms with van der Waals surface area (Å²) < 4.78 is 0. The van der Waals surface area contributed by atoms with Gasteiger partial charge in [-0.3, -0.25) is 29.0 Å². The van der Waals surface area contributed by atoms with Crippen molar-refractivity contribution >= 4 is 29.3 Å². The Bertz CT molecular complexity index is 1070. The number of hydrogen-bond donors (Lipinski definition) is 0. The molecule has 4 amide bonds. The van der Waals surface area contributed by atoms with Crippen molar-refractivity contribution < 1.29 is 19.2 Å². The van der Waals surface area contributed by atoms with Crippen molar-refractivity contribution in [3.8, 4) is 0 Å². The molecule has 2 aromatic rings. The van der Waals surface area contributed by atoms with E-state index in [-0.39, 0.29) is 29.5 Å². The Kier molecular flexibility index (Phi) is 4.36. The summed E-state index contributed by atoms with van der Waals surface area (Å²) in [4.78, 5) is 53.0. The number of anilines is 1. The molecule has 1 saturated carbocycles. The Balaban J connectivity index is 1.41. The Hall–Kier alpha value is -3.28. The number of benzene rings is 2. The zero-order valence-corrected chi connectivity index (χ0v) is 17.7. The lowest BCUT2D eigenvalue weighted by atomic mass is 9.59. The van der Waals surface area contributed by atoms with E-state index in [0.29, 0.717) is 5.69 Å². The van der Waals surface area contributed by atoms with Crippen LogP contribution < -0.4 is 4.90 Å². The van der Waals surface area contributed by atoms with Crippen molar-refractivity contribution in [3.05, 3.63) is 65.2 Å². The average molecular weight is 416 g/mol. The molecular formula is C25H24N2O4. The summed E-state index contributed by atoms with van der Waals surface area (Å²) in [6, 6.07) is 15.9. The third-order valence-electron chi connectivity index (χ3n) is 7.23. The van der Waals surface area contributed by atoms with Crippen molar-refractivity contribution in [2.24, 2.45) is 23.7 Å². The first kappa shape index (κ1) is 19.7. The molecule has 0 spiro atoms. The standard InChI is InChI=1S/C25H24N2O4/c1-4-17(14-7-5-13(2)6-8-14)15-9-11-16(12-10-15)27-24(30)20-18-19(21(20)25(27)31)23(29)26(3)22(18)28/h5-12,17-21H,4H2,1-3H3. The van der Waals surface area contributed by atoms with Gasteiger partial charge in [0.15, 0.2) is 0 Å². The van der Waals surface area contributed by atoms with Gasteiger partial charge in [-0.1, -0.05) is 48.9 Å². The van der Waals surface area contributed by atoms with Gasteiger partial charge in [-0.05, 0) is 36.6 Å². The zero-order chi connectivity index (χ0) is 22.0. The minimum absolute atomic E-state index is 0.223. The molecule has 2 aromatic carbocycles. The summed E-state index contributed by atoms with van der Waals surface area (Å²) in [6.07, 6.45) is 0.926. The van der Waals surface area contributed by atoms with Gasteiger partial charge in [-0.15, -0.1) is 0 Å². The molecule has 2 heterocycles. The second kappa shape index (κ2) is 6.87. The molecule has 158 valence electrons. The molecule has 5 atom stereocenters. The lowest BCUT2D eigenvalue weighted by molar-refractivity contribution is -0.146. The predicted octanol–water partition coefficient (Wildman–Crippen LogP) is 2.89. The second-order valence-electron chi connectivity index (χ2n) is 8.81. The fraction of sp³-hybridized carbons (Fsp3) is 0.360. The van der Waals surface area contributed by atoms with Gasteiger partial charge in [0.2, 0.25) is 23.6 Å². The number of hydrogen-bond acceptors (Lipinski definition) is 4. The summed E-state index contributed by atoms with van der Waals surface area (Å²) in [7, 11) is 1.42. The summed E-state index contributed by atoms with van der Waals surface area (Å²) in [5.41, 5.74) is 4.04. The highest BCUT2D eigenvalue weighted by Crippen LogP contribution is 2.56. The lowest BCUT2D eigenvalue weighted by Crippen LogP contribution is -2.50. The normalized spacial score (nSPS) is 28.0. The molecular weight excluding hydrogens is 392 g/mol. The molecule has 2 saturated heterocycles. The van der Waals surface area contributed by atoms with Crippen LogP contribution in [0, 0.1) is 30.6 Å². The van der Waals surface area contributed by atoms with Crippen LogP contribution in [0.5, 0.6) is 0 Å². The first-order valence-electron chi connectivity index (χ1n) is 10.7. The van der Waals surface area contributed by atoms with E-state index in [2.05, 4.69) is 38.1 Å². The Morgan fingerprint density at radius 1 is 0.710 bits per heavy atom. The van der Waals surface area contributed by atoms with Gasteiger partial charge >= 0.3 is 0 Å². The lowest BCUT2D eigenvalue weighted by Gasteiger charge is -2.36. The largest absolute Gasteiger partial charge is 0.285 e. The van der Waals surface area contributed by atoms with Crippen molar-refractivity contribution in [2.75, 3.05) is 11.9 Å². The van der Waals surface area contributed by atoms with Crippen molar-refractivity contribution in [1.29, 1.82) is 0 Å². The van der Waals surface area contributed by atoms with E-state index in [1.54, 1.807) is 12.1 Å². The second-order valence-corrected chi connectivity index (χ2v) is 8.81. The molecule has 6 nitrogen and oxygen atoms in total. The highest BCUT2D eigenvalue weighted by atomic mass is 16.2. The molecule has 5 unspecified atom stereocenters. The predicted molar refractivity (Wildman–Crippen MR) is 114 cm³/mol. The van der Waals surface area contributed by atoms with Gasteiger partial charge < -0.3 is 0 Å². The van der Waals surface area contributed by atoms with Crippen molar-refractivity contribution in [3.63, 3.8) is 0 Å². The topological polar surface area (TPSA) is 74.8 Å².